The molecule has 2 atom stereocenters. The van der Waals surface area contributed by atoms with Gasteiger partial charge in [-0.25, -0.2) is 0 Å². The number of methoxy groups -OCH3 is 1. The van der Waals surface area contributed by atoms with E-state index in [0.29, 0.717) is 18.0 Å². The standard InChI is InChI=1S/C25H30N2O2S/c1-24(2)12-19-13-25(3,15-24)16-27(19)22(28)21-11-18-9-10-30-23(18)26(21)14-17-5-7-20(29-4)8-6-17/h5-11,19H,12-16H2,1-4H3/t19-,25+/m1/s1. The van der Waals surface area contributed by atoms with Crippen molar-refractivity contribution >= 4 is 27.5 Å². The van der Waals surface area contributed by atoms with Crippen LogP contribution in [-0.4, -0.2) is 35.1 Å². The first-order valence-corrected chi connectivity index (χ1v) is 11.7. The largest absolute Gasteiger partial charge is 0.497 e. The van der Waals surface area contributed by atoms with E-state index in [1.54, 1.807) is 18.4 Å². The molecule has 158 valence electrons. The summed E-state index contributed by atoms with van der Waals surface area (Å²) >= 11 is 1.71. The number of aromatic nitrogens is 1. The number of hydrogen-bond acceptors (Lipinski definition) is 3. The molecular formula is C25H30N2O2S. The van der Waals surface area contributed by atoms with Gasteiger partial charge in [0.1, 0.15) is 16.3 Å². The van der Waals surface area contributed by atoms with Gasteiger partial charge in [0.15, 0.2) is 0 Å². The van der Waals surface area contributed by atoms with Crippen LogP contribution in [0.4, 0.5) is 0 Å². The van der Waals surface area contributed by atoms with Crippen molar-refractivity contribution < 1.29 is 9.53 Å². The zero-order chi connectivity index (χ0) is 21.1. The first-order valence-electron chi connectivity index (χ1n) is 10.8. The predicted octanol–water partition coefficient (Wildman–Crippen LogP) is 5.80. The van der Waals surface area contributed by atoms with Gasteiger partial charge in [0.05, 0.1) is 7.11 Å². The lowest BCUT2D eigenvalue weighted by Gasteiger charge is -2.39. The molecule has 2 aromatic heterocycles. The van der Waals surface area contributed by atoms with Crippen molar-refractivity contribution in [3.63, 3.8) is 0 Å². The van der Waals surface area contributed by atoms with Crippen molar-refractivity contribution in [2.45, 2.75) is 52.6 Å². The number of amides is 1. The molecule has 1 amide bonds. The zero-order valence-electron chi connectivity index (χ0n) is 18.3. The summed E-state index contributed by atoms with van der Waals surface area (Å²) in [6, 6.07) is 12.7. The molecule has 1 saturated heterocycles. The second-order valence-electron chi connectivity index (χ2n) is 10.3. The number of rotatable bonds is 4. The van der Waals surface area contributed by atoms with E-state index in [9.17, 15) is 4.79 Å². The highest BCUT2D eigenvalue weighted by Crippen LogP contribution is 2.52. The van der Waals surface area contributed by atoms with Crippen molar-refractivity contribution in [2.24, 2.45) is 10.8 Å². The average molecular weight is 423 g/mol. The fraction of sp³-hybridized carbons (Fsp3) is 0.480. The quantitative estimate of drug-likeness (QED) is 0.532. The van der Waals surface area contributed by atoms with Crippen LogP contribution < -0.4 is 4.74 Å². The molecule has 0 unspecified atom stereocenters. The van der Waals surface area contributed by atoms with Crippen LogP contribution in [0.15, 0.2) is 41.8 Å². The molecule has 3 aromatic rings. The van der Waals surface area contributed by atoms with E-state index in [0.717, 1.165) is 36.2 Å². The zero-order valence-corrected chi connectivity index (χ0v) is 19.1. The minimum Gasteiger partial charge on any atom is -0.497 e. The van der Waals surface area contributed by atoms with Gasteiger partial charge in [-0.05, 0) is 65.3 Å². The number of carbonyl (C=O) groups excluding carboxylic acids is 1. The van der Waals surface area contributed by atoms with Crippen LogP contribution in [0.25, 0.3) is 10.2 Å². The number of hydrogen-bond donors (Lipinski definition) is 0. The maximum atomic E-state index is 13.8. The Morgan fingerprint density at radius 1 is 1.17 bits per heavy atom. The lowest BCUT2D eigenvalue weighted by atomic mass is 9.65. The molecular weight excluding hydrogens is 392 g/mol. The fourth-order valence-corrected chi connectivity index (χ4v) is 6.96. The highest BCUT2D eigenvalue weighted by atomic mass is 32.1. The topological polar surface area (TPSA) is 34.5 Å². The monoisotopic (exact) mass is 422 g/mol. The van der Waals surface area contributed by atoms with Crippen molar-refractivity contribution in [3.8, 4) is 5.75 Å². The molecule has 4 nitrogen and oxygen atoms in total. The molecule has 1 saturated carbocycles. The third-order valence-corrected chi connectivity index (χ3v) is 7.85. The third kappa shape index (κ3) is 3.33. The van der Waals surface area contributed by atoms with Gasteiger partial charge < -0.3 is 14.2 Å². The summed E-state index contributed by atoms with van der Waals surface area (Å²) in [5, 5.41) is 3.26. The van der Waals surface area contributed by atoms with E-state index >= 15 is 0 Å². The molecule has 1 aromatic carbocycles. The molecule has 2 fully saturated rings. The van der Waals surface area contributed by atoms with Gasteiger partial charge in [0.2, 0.25) is 0 Å². The number of likely N-dealkylation sites (tertiary alicyclic amines) is 1. The molecule has 5 heteroatoms. The van der Waals surface area contributed by atoms with E-state index in [2.05, 4.69) is 59.9 Å². The van der Waals surface area contributed by atoms with Crippen LogP contribution in [0.1, 0.15) is 56.1 Å². The second-order valence-corrected chi connectivity index (χ2v) is 11.2. The normalized spacial score (nSPS) is 25.1. The van der Waals surface area contributed by atoms with E-state index in [1.165, 1.54) is 16.8 Å². The minimum absolute atomic E-state index is 0.193. The van der Waals surface area contributed by atoms with E-state index in [-0.39, 0.29) is 11.3 Å². The molecule has 2 aliphatic rings. The van der Waals surface area contributed by atoms with Crippen LogP contribution in [0.2, 0.25) is 0 Å². The summed E-state index contributed by atoms with van der Waals surface area (Å²) in [5.41, 5.74) is 2.54. The van der Waals surface area contributed by atoms with Gasteiger partial charge in [-0.15, -0.1) is 11.3 Å². The molecule has 0 radical (unpaired) electrons. The van der Waals surface area contributed by atoms with Crippen LogP contribution in [0.5, 0.6) is 5.75 Å². The second kappa shape index (κ2) is 6.88. The summed E-state index contributed by atoms with van der Waals surface area (Å²) in [5.74, 6) is 1.04. The average Bonchev–Trinajstić information content (AvgIpc) is 3.34. The highest BCUT2D eigenvalue weighted by Gasteiger charge is 2.51. The Balaban J connectivity index is 1.49. The number of carbonyl (C=O) groups is 1. The summed E-state index contributed by atoms with van der Waals surface area (Å²) in [7, 11) is 1.68. The van der Waals surface area contributed by atoms with Crippen molar-refractivity contribution in [1.82, 2.24) is 9.47 Å². The van der Waals surface area contributed by atoms with Crippen molar-refractivity contribution in [1.29, 1.82) is 0 Å². The lowest BCUT2D eigenvalue weighted by Crippen LogP contribution is -2.38. The Bertz CT molecular complexity index is 1090. The van der Waals surface area contributed by atoms with Gasteiger partial charge in [-0.3, -0.25) is 4.79 Å². The highest BCUT2D eigenvalue weighted by molar-refractivity contribution is 7.16. The Morgan fingerprint density at radius 3 is 2.67 bits per heavy atom. The van der Waals surface area contributed by atoms with Gasteiger partial charge in [-0.2, -0.15) is 0 Å². The number of nitrogens with zero attached hydrogens (tertiary/aromatic N) is 2. The molecule has 2 bridgehead atoms. The maximum Gasteiger partial charge on any atom is 0.270 e. The van der Waals surface area contributed by atoms with E-state index in [1.807, 2.05) is 12.1 Å². The van der Waals surface area contributed by atoms with Gasteiger partial charge in [0, 0.05) is 24.5 Å². The Hall–Kier alpha value is -2.27. The molecule has 0 N–H and O–H groups in total. The molecule has 1 aliphatic heterocycles. The first kappa shape index (κ1) is 19.7. The Morgan fingerprint density at radius 2 is 1.93 bits per heavy atom. The summed E-state index contributed by atoms with van der Waals surface area (Å²) in [6.07, 6.45) is 3.43. The molecule has 3 heterocycles. The number of thiophene rings is 1. The van der Waals surface area contributed by atoms with Crippen molar-refractivity contribution in [3.05, 3.63) is 53.0 Å². The summed E-state index contributed by atoms with van der Waals surface area (Å²) in [4.78, 5) is 17.2. The molecule has 5 rings (SSSR count). The SMILES string of the molecule is COc1ccc(Cn2c(C(=O)N3C[C@@]4(C)C[C@H]3CC(C)(C)C4)cc3ccsc32)cc1. The number of ether oxygens (including phenoxy) is 1. The van der Waals surface area contributed by atoms with Gasteiger partial charge in [0.25, 0.3) is 5.91 Å². The maximum absolute atomic E-state index is 13.8. The van der Waals surface area contributed by atoms with Crippen molar-refractivity contribution in [2.75, 3.05) is 13.7 Å². The van der Waals surface area contributed by atoms with E-state index in [4.69, 9.17) is 4.74 Å². The molecule has 30 heavy (non-hydrogen) atoms. The fourth-order valence-electron chi connectivity index (χ4n) is 6.07. The summed E-state index contributed by atoms with van der Waals surface area (Å²) < 4.78 is 7.50. The minimum atomic E-state index is 0.193. The summed E-state index contributed by atoms with van der Waals surface area (Å²) in [6.45, 7) is 8.64. The van der Waals surface area contributed by atoms with E-state index < -0.39 is 0 Å². The lowest BCUT2D eigenvalue weighted by molar-refractivity contribution is 0.0698. The predicted molar refractivity (Wildman–Crippen MR) is 122 cm³/mol. The Kier molecular flexibility index (Phi) is 4.51. The van der Waals surface area contributed by atoms with Crippen LogP contribution in [0, 0.1) is 10.8 Å². The smallest absolute Gasteiger partial charge is 0.270 e. The van der Waals surface area contributed by atoms with Gasteiger partial charge in [-0.1, -0.05) is 32.9 Å². The van der Waals surface area contributed by atoms with Gasteiger partial charge >= 0.3 is 0 Å². The Labute approximate surface area is 182 Å². The molecule has 1 aliphatic carbocycles. The molecule has 0 spiro atoms. The van der Waals surface area contributed by atoms with Crippen LogP contribution >= 0.6 is 11.3 Å². The van der Waals surface area contributed by atoms with Crippen LogP contribution in [-0.2, 0) is 6.54 Å². The third-order valence-electron chi connectivity index (χ3n) is 6.90. The number of benzene rings is 1. The first-order chi connectivity index (χ1) is 14.3. The number of fused-ring (bicyclic) bond motifs is 3. The van der Waals surface area contributed by atoms with Crippen LogP contribution in [0.3, 0.4) is 0 Å².